The molecule has 1 N–H and O–H groups in total. The average molecular weight is 312 g/mol. The van der Waals surface area contributed by atoms with Gasteiger partial charge >= 0.3 is 0 Å². The first-order valence-corrected chi connectivity index (χ1v) is 10.2. The predicted molar refractivity (Wildman–Crippen MR) is 103 cm³/mol. The van der Waals surface area contributed by atoms with Crippen LogP contribution in [-0.2, 0) is 0 Å². The van der Waals surface area contributed by atoms with E-state index in [-0.39, 0.29) is 0 Å². The zero-order valence-electron chi connectivity index (χ0n) is 16.5. The fourth-order valence-electron chi connectivity index (χ4n) is 3.36. The van der Waals surface area contributed by atoms with Crippen molar-refractivity contribution in [1.29, 1.82) is 0 Å². The van der Waals surface area contributed by atoms with Crippen molar-refractivity contribution in [2.75, 3.05) is 13.1 Å². The van der Waals surface area contributed by atoms with Crippen molar-refractivity contribution >= 4 is 0 Å². The van der Waals surface area contributed by atoms with E-state index in [0.717, 1.165) is 5.92 Å². The molecule has 1 unspecified atom stereocenters. The summed E-state index contributed by atoms with van der Waals surface area (Å²) in [6.45, 7) is 14.2. The lowest BCUT2D eigenvalue weighted by Gasteiger charge is -2.23. The molecule has 0 amide bonds. The number of nitrogens with one attached hydrogen (secondary N) is 1. The normalized spacial score (nSPS) is 13.5. The van der Waals surface area contributed by atoms with Crippen LogP contribution in [0.3, 0.4) is 0 Å². The summed E-state index contributed by atoms with van der Waals surface area (Å²) in [5.74, 6) is 0.847. The number of hydrogen-bond donors (Lipinski definition) is 1. The topological polar surface area (TPSA) is 12.0 Å². The second-order valence-electron chi connectivity index (χ2n) is 8.59. The Morgan fingerprint density at radius 1 is 0.727 bits per heavy atom. The minimum Gasteiger partial charge on any atom is -0.317 e. The third-order valence-corrected chi connectivity index (χ3v) is 4.48. The zero-order valence-corrected chi connectivity index (χ0v) is 16.5. The molecule has 0 radical (unpaired) electrons. The average Bonchev–Trinajstić information content (AvgIpc) is 2.42. The van der Waals surface area contributed by atoms with E-state index in [9.17, 15) is 0 Å². The SMILES string of the molecule is CCCCCCCCCCCCNCCC(C)CC(C)(C)C. The summed E-state index contributed by atoms with van der Waals surface area (Å²) in [6.07, 6.45) is 17.0. The van der Waals surface area contributed by atoms with Crippen molar-refractivity contribution in [1.82, 2.24) is 5.32 Å². The summed E-state index contributed by atoms with van der Waals surface area (Å²) in [6, 6.07) is 0. The Morgan fingerprint density at radius 2 is 1.23 bits per heavy atom. The molecule has 134 valence electrons. The van der Waals surface area contributed by atoms with Crippen molar-refractivity contribution in [3.8, 4) is 0 Å². The van der Waals surface area contributed by atoms with Crippen LogP contribution in [0.15, 0.2) is 0 Å². The van der Waals surface area contributed by atoms with Crippen LogP contribution < -0.4 is 5.32 Å². The highest BCUT2D eigenvalue weighted by Gasteiger charge is 2.14. The molecule has 1 heteroatoms. The molecular formula is C21H45N. The number of rotatable bonds is 15. The van der Waals surface area contributed by atoms with E-state index < -0.39 is 0 Å². The largest absolute Gasteiger partial charge is 0.317 e. The van der Waals surface area contributed by atoms with Crippen molar-refractivity contribution in [3.63, 3.8) is 0 Å². The Kier molecular flexibility index (Phi) is 14.5. The second-order valence-corrected chi connectivity index (χ2v) is 8.59. The molecule has 1 atom stereocenters. The van der Waals surface area contributed by atoms with Crippen LogP contribution in [-0.4, -0.2) is 13.1 Å². The van der Waals surface area contributed by atoms with Gasteiger partial charge in [0.25, 0.3) is 0 Å². The van der Waals surface area contributed by atoms with Gasteiger partial charge < -0.3 is 5.32 Å². The van der Waals surface area contributed by atoms with Crippen molar-refractivity contribution in [2.45, 2.75) is 112 Å². The minimum absolute atomic E-state index is 0.482. The molecule has 0 aliphatic heterocycles. The van der Waals surface area contributed by atoms with Crippen molar-refractivity contribution in [2.24, 2.45) is 11.3 Å². The first-order chi connectivity index (χ1) is 10.5. The van der Waals surface area contributed by atoms with Gasteiger partial charge in [0, 0.05) is 0 Å². The Hall–Kier alpha value is -0.0400. The van der Waals surface area contributed by atoms with Gasteiger partial charge in [0.15, 0.2) is 0 Å². The van der Waals surface area contributed by atoms with E-state index in [2.05, 4.69) is 39.9 Å². The van der Waals surface area contributed by atoms with Gasteiger partial charge in [-0.1, -0.05) is 92.4 Å². The first kappa shape index (κ1) is 22.0. The quantitative estimate of drug-likeness (QED) is 0.322. The molecular weight excluding hydrogens is 266 g/mol. The number of hydrogen-bond acceptors (Lipinski definition) is 1. The maximum atomic E-state index is 3.63. The van der Waals surface area contributed by atoms with Crippen LogP contribution >= 0.6 is 0 Å². The lowest BCUT2D eigenvalue weighted by molar-refractivity contribution is 0.294. The van der Waals surface area contributed by atoms with Gasteiger partial charge in [-0.15, -0.1) is 0 Å². The molecule has 22 heavy (non-hydrogen) atoms. The van der Waals surface area contributed by atoms with E-state index in [1.165, 1.54) is 90.1 Å². The van der Waals surface area contributed by atoms with E-state index in [1.54, 1.807) is 0 Å². The Morgan fingerprint density at radius 3 is 1.73 bits per heavy atom. The summed E-state index contributed by atoms with van der Waals surface area (Å²) in [5.41, 5.74) is 0.482. The van der Waals surface area contributed by atoms with Crippen molar-refractivity contribution in [3.05, 3.63) is 0 Å². The molecule has 0 bridgehead atoms. The number of unbranched alkanes of at least 4 members (excludes halogenated alkanes) is 9. The lowest BCUT2D eigenvalue weighted by atomic mass is 9.84. The first-order valence-electron chi connectivity index (χ1n) is 10.2. The molecule has 0 aliphatic carbocycles. The third kappa shape index (κ3) is 18.0. The molecule has 0 aromatic heterocycles. The summed E-state index contributed by atoms with van der Waals surface area (Å²) in [4.78, 5) is 0. The molecule has 0 saturated carbocycles. The minimum atomic E-state index is 0.482. The van der Waals surface area contributed by atoms with Crippen LogP contribution in [0.4, 0.5) is 0 Å². The van der Waals surface area contributed by atoms with E-state index >= 15 is 0 Å². The second kappa shape index (κ2) is 14.5. The molecule has 0 heterocycles. The van der Waals surface area contributed by atoms with Crippen LogP contribution in [0.5, 0.6) is 0 Å². The van der Waals surface area contributed by atoms with Crippen LogP contribution in [0.1, 0.15) is 112 Å². The summed E-state index contributed by atoms with van der Waals surface area (Å²) in [5, 5.41) is 3.63. The fourth-order valence-corrected chi connectivity index (χ4v) is 3.36. The fraction of sp³-hybridized carbons (Fsp3) is 1.00. The molecule has 0 saturated heterocycles. The lowest BCUT2D eigenvalue weighted by Crippen LogP contribution is -2.20. The molecule has 0 spiro atoms. The van der Waals surface area contributed by atoms with Crippen LogP contribution in [0, 0.1) is 11.3 Å². The summed E-state index contributed by atoms with van der Waals surface area (Å²) >= 11 is 0. The maximum Gasteiger partial charge on any atom is -0.00464 e. The molecule has 0 rings (SSSR count). The van der Waals surface area contributed by atoms with Gasteiger partial charge in [-0.2, -0.15) is 0 Å². The zero-order chi connectivity index (χ0) is 16.7. The van der Waals surface area contributed by atoms with Crippen molar-refractivity contribution < 1.29 is 0 Å². The molecule has 1 nitrogen and oxygen atoms in total. The van der Waals surface area contributed by atoms with Gasteiger partial charge in [0.1, 0.15) is 0 Å². The Labute approximate surface area is 142 Å². The van der Waals surface area contributed by atoms with Gasteiger partial charge in [-0.3, -0.25) is 0 Å². The van der Waals surface area contributed by atoms with Gasteiger partial charge in [-0.05, 0) is 43.7 Å². The smallest absolute Gasteiger partial charge is 0.00464 e. The van der Waals surface area contributed by atoms with Gasteiger partial charge in [-0.25, -0.2) is 0 Å². The highest BCUT2D eigenvalue weighted by molar-refractivity contribution is 4.67. The van der Waals surface area contributed by atoms with Gasteiger partial charge in [0.2, 0.25) is 0 Å². The van der Waals surface area contributed by atoms with Crippen LogP contribution in [0.2, 0.25) is 0 Å². The van der Waals surface area contributed by atoms with Gasteiger partial charge in [0.05, 0.1) is 0 Å². The Balaban J connectivity index is 3.14. The highest BCUT2D eigenvalue weighted by Crippen LogP contribution is 2.25. The monoisotopic (exact) mass is 311 g/mol. The third-order valence-electron chi connectivity index (χ3n) is 4.48. The summed E-state index contributed by atoms with van der Waals surface area (Å²) < 4.78 is 0. The Bertz CT molecular complexity index is 216. The maximum absolute atomic E-state index is 3.63. The molecule has 0 aromatic rings. The standard InChI is InChI=1S/C21H45N/c1-6-7-8-9-10-11-12-13-14-15-17-22-18-16-20(2)19-21(3,4)5/h20,22H,6-19H2,1-5H3. The van der Waals surface area contributed by atoms with E-state index in [1.807, 2.05) is 0 Å². The van der Waals surface area contributed by atoms with Crippen LogP contribution in [0.25, 0.3) is 0 Å². The molecule has 0 aliphatic rings. The van der Waals surface area contributed by atoms with E-state index in [0.29, 0.717) is 5.41 Å². The molecule has 0 aromatic carbocycles. The van der Waals surface area contributed by atoms with E-state index in [4.69, 9.17) is 0 Å². The summed E-state index contributed by atoms with van der Waals surface area (Å²) in [7, 11) is 0. The predicted octanol–water partition coefficient (Wildman–Crippen LogP) is 6.96. The highest BCUT2D eigenvalue weighted by atomic mass is 14.8. The molecule has 0 fully saturated rings.